The quantitative estimate of drug-likeness (QED) is 0.819. The molecule has 1 saturated heterocycles. The van der Waals surface area contributed by atoms with Crippen molar-refractivity contribution in [3.63, 3.8) is 0 Å². The maximum atomic E-state index is 14.0. The van der Waals surface area contributed by atoms with Gasteiger partial charge < -0.3 is 15.1 Å². The Hall–Kier alpha value is -3.40. The summed E-state index contributed by atoms with van der Waals surface area (Å²) in [5.74, 6) is -0.733. The monoisotopic (exact) mass is 408 g/mol. The number of carbonyl (C=O) groups is 2. The number of piperazine rings is 1. The maximum Gasteiger partial charge on any atom is 0.258 e. The number of hydrogen-bond donors (Lipinski definition) is 1. The average Bonchev–Trinajstić information content (AvgIpc) is 2.73. The fourth-order valence-electron chi connectivity index (χ4n) is 3.42. The lowest BCUT2D eigenvalue weighted by atomic mass is 10.1. The molecule has 0 spiro atoms. The van der Waals surface area contributed by atoms with Crippen LogP contribution in [0.3, 0.4) is 0 Å². The van der Waals surface area contributed by atoms with Gasteiger partial charge in [0.2, 0.25) is 5.91 Å². The van der Waals surface area contributed by atoms with E-state index < -0.39 is 11.7 Å². The van der Waals surface area contributed by atoms with E-state index in [2.05, 4.69) is 10.2 Å². The highest BCUT2D eigenvalue weighted by atomic mass is 19.1. The molecule has 1 heterocycles. The summed E-state index contributed by atoms with van der Waals surface area (Å²) in [4.78, 5) is 28.6. The van der Waals surface area contributed by atoms with Crippen LogP contribution in [0.4, 0.5) is 15.8 Å². The largest absolute Gasteiger partial charge is 0.368 e. The third-order valence-corrected chi connectivity index (χ3v) is 5.05. The summed E-state index contributed by atoms with van der Waals surface area (Å²) < 4.78 is 14.0. The summed E-state index contributed by atoms with van der Waals surface area (Å²) in [5, 5.41) is 11.5. The molecule has 0 unspecified atom stereocenters. The summed E-state index contributed by atoms with van der Waals surface area (Å²) in [6.07, 6.45) is 0.578. The van der Waals surface area contributed by atoms with Crippen molar-refractivity contribution in [3.05, 3.63) is 59.4 Å². The maximum absolute atomic E-state index is 14.0. The van der Waals surface area contributed by atoms with Crippen LogP contribution in [0.5, 0.6) is 0 Å². The van der Waals surface area contributed by atoms with Crippen LogP contribution in [0, 0.1) is 23.1 Å². The van der Waals surface area contributed by atoms with E-state index in [0.717, 1.165) is 24.8 Å². The van der Waals surface area contributed by atoms with Crippen LogP contribution >= 0.6 is 0 Å². The van der Waals surface area contributed by atoms with Gasteiger partial charge in [0.15, 0.2) is 0 Å². The highest BCUT2D eigenvalue weighted by Gasteiger charge is 2.21. The second-order valence-corrected chi connectivity index (χ2v) is 7.77. The first-order valence-electron chi connectivity index (χ1n) is 10.0. The van der Waals surface area contributed by atoms with Gasteiger partial charge in [-0.2, -0.15) is 5.26 Å². The van der Waals surface area contributed by atoms with E-state index >= 15 is 0 Å². The number of nitriles is 1. The standard InChI is InChI=1S/C23H25FN4O2/c1-16(2)13-22(29)28-11-9-27(10-12-28)19-6-4-18(5-7-19)26-23(30)20-8-3-17(15-25)14-21(20)24/h3-8,14,16H,9-13H2,1-2H3,(H,26,30). The van der Waals surface area contributed by atoms with Crippen LogP contribution in [0.1, 0.15) is 36.2 Å². The molecule has 0 saturated carbocycles. The Morgan fingerprint density at radius 3 is 2.33 bits per heavy atom. The highest BCUT2D eigenvalue weighted by molar-refractivity contribution is 6.04. The van der Waals surface area contributed by atoms with Gasteiger partial charge in [0.1, 0.15) is 5.82 Å². The van der Waals surface area contributed by atoms with Crippen molar-refractivity contribution in [2.45, 2.75) is 20.3 Å². The molecule has 0 bridgehead atoms. The summed E-state index contributed by atoms with van der Waals surface area (Å²) in [7, 11) is 0. The molecular weight excluding hydrogens is 383 g/mol. The minimum absolute atomic E-state index is 0.111. The van der Waals surface area contributed by atoms with E-state index in [1.165, 1.54) is 12.1 Å². The smallest absolute Gasteiger partial charge is 0.258 e. The van der Waals surface area contributed by atoms with Gasteiger partial charge in [0.25, 0.3) is 5.91 Å². The van der Waals surface area contributed by atoms with Crippen molar-refractivity contribution >= 4 is 23.2 Å². The van der Waals surface area contributed by atoms with E-state index in [4.69, 9.17) is 5.26 Å². The molecule has 1 aliphatic heterocycles. The third kappa shape index (κ3) is 5.15. The molecule has 1 aliphatic rings. The van der Waals surface area contributed by atoms with Gasteiger partial charge in [-0.25, -0.2) is 4.39 Å². The van der Waals surface area contributed by atoms with Crippen molar-refractivity contribution in [2.24, 2.45) is 5.92 Å². The Morgan fingerprint density at radius 2 is 1.77 bits per heavy atom. The van der Waals surface area contributed by atoms with Gasteiger partial charge in [0, 0.05) is 44.0 Å². The number of hydrogen-bond acceptors (Lipinski definition) is 4. The zero-order valence-corrected chi connectivity index (χ0v) is 17.2. The number of carbonyl (C=O) groups excluding carboxylic acids is 2. The molecule has 0 aromatic heterocycles. The van der Waals surface area contributed by atoms with Crippen molar-refractivity contribution < 1.29 is 14.0 Å². The predicted octanol–water partition coefficient (Wildman–Crippen LogP) is 3.64. The summed E-state index contributed by atoms with van der Waals surface area (Å²) >= 11 is 0. The fraction of sp³-hybridized carbons (Fsp3) is 0.348. The Labute approximate surface area is 175 Å². The lowest BCUT2D eigenvalue weighted by Crippen LogP contribution is -2.49. The molecule has 1 N–H and O–H groups in total. The predicted molar refractivity (Wildman–Crippen MR) is 114 cm³/mol. The topological polar surface area (TPSA) is 76.4 Å². The highest BCUT2D eigenvalue weighted by Crippen LogP contribution is 2.21. The van der Waals surface area contributed by atoms with E-state index in [1.807, 2.05) is 36.9 Å². The average molecular weight is 408 g/mol. The SMILES string of the molecule is CC(C)CC(=O)N1CCN(c2ccc(NC(=O)c3ccc(C#N)cc3F)cc2)CC1. The summed E-state index contributed by atoms with van der Waals surface area (Å²) in [6.45, 7) is 7.00. The number of nitrogens with one attached hydrogen (secondary N) is 1. The van der Waals surface area contributed by atoms with Crippen LogP contribution in [0.2, 0.25) is 0 Å². The number of halogens is 1. The first kappa shape index (κ1) is 21.3. The molecule has 1 fully saturated rings. The lowest BCUT2D eigenvalue weighted by Gasteiger charge is -2.36. The zero-order chi connectivity index (χ0) is 21.7. The van der Waals surface area contributed by atoms with Crippen LogP contribution < -0.4 is 10.2 Å². The zero-order valence-electron chi connectivity index (χ0n) is 17.2. The molecule has 2 amide bonds. The van der Waals surface area contributed by atoms with E-state index in [9.17, 15) is 14.0 Å². The molecule has 0 radical (unpaired) electrons. The van der Waals surface area contributed by atoms with Crippen LogP contribution in [0.15, 0.2) is 42.5 Å². The molecule has 0 aliphatic carbocycles. The van der Waals surface area contributed by atoms with E-state index in [1.54, 1.807) is 12.1 Å². The Balaban J connectivity index is 1.57. The second kappa shape index (κ2) is 9.40. The van der Waals surface area contributed by atoms with Crippen LogP contribution in [-0.2, 0) is 4.79 Å². The molecule has 156 valence electrons. The van der Waals surface area contributed by atoms with Gasteiger partial charge in [-0.3, -0.25) is 9.59 Å². The molecule has 7 heteroatoms. The molecule has 6 nitrogen and oxygen atoms in total. The van der Waals surface area contributed by atoms with Crippen LogP contribution in [0.25, 0.3) is 0 Å². The van der Waals surface area contributed by atoms with Crippen LogP contribution in [-0.4, -0.2) is 42.9 Å². The number of anilines is 2. The van der Waals surface area contributed by atoms with Gasteiger partial charge in [-0.05, 0) is 48.4 Å². The molecule has 0 atom stereocenters. The van der Waals surface area contributed by atoms with Gasteiger partial charge in [-0.1, -0.05) is 13.8 Å². The van der Waals surface area contributed by atoms with Crippen molar-refractivity contribution in [3.8, 4) is 6.07 Å². The summed E-state index contributed by atoms with van der Waals surface area (Å²) in [5.41, 5.74) is 1.62. The third-order valence-electron chi connectivity index (χ3n) is 5.05. The minimum atomic E-state index is -0.729. The van der Waals surface area contributed by atoms with Crippen molar-refractivity contribution in [2.75, 3.05) is 36.4 Å². The second-order valence-electron chi connectivity index (χ2n) is 7.77. The first-order valence-corrected chi connectivity index (χ1v) is 10.0. The molecular formula is C23H25FN4O2. The number of rotatable bonds is 5. The Morgan fingerprint density at radius 1 is 1.10 bits per heavy atom. The molecule has 30 heavy (non-hydrogen) atoms. The van der Waals surface area contributed by atoms with Gasteiger partial charge in [0.05, 0.1) is 17.2 Å². The fourth-order valence-corrected chi connectivity index (χ4v) is 3.42. The summed E-state index contributed by atoms with van der Waals surface area (Å²) in [6, 6.07) is 12.9. The lowest BCUT2D eigenvalue weighted by molar-refractivity contribution is -0.132. The normalized spacial score (nSPS) is 13.8. The van der Waals surface area contributed by atoms with E-state index in [-0.39, 0.29) is 17.0 Å². The van der Waals surface area contributed by atoms with Gasteiger partial charge in [-0.15, -0.1) is 0 Å². The number of nitrogens with zero attached hydrogens (tertiary/aromatic N) is 3. The molecule has 2 aromatic carbocycles. The Kier molecular flexibility index (Phi) is 6.68. The number of amides is 2. The van der Waals surface area contributed by atoms with Gasteiger partial charge >= 0.3 is 0 Å². The van der Waals surface area contributed by atoms with Crippen molar-refractivity contribution in [1.29, 1.82) is 5.26 Å². The molecule has 2 aromatic rings. The van der Waals surface area contributed by atoms with E-state index in [0.29, 0.717) is 31.1 Å². The van der Waals surface area contributed by atoms with Crippen molar-refractivity contribution in [1.82, 2.24) is 4.90 Å². The number of benzene rings is 2. The molecule has 3 rings (SSSR count). The minimum Gasteiger partial charge on any atom is -0.368 e. The first-order chi connectivity index (χ1) is 14.4. The Bertz CT molecular complexity index is 958.